The number of hydrogen-bond acceptors (Lipinski definition) is 3. The van der Waals surface area contributed by atoms with E-state index in [4.69, 9.17) is 11.8 Å². The molecular weight excluding hydrogens is 384 g/mol. The minimum atomic E-state index is 0.253. The monoisotopic (exact) mass is 410 g/mol. The molecule has 1 saturated heterocycles. The number of benzene rings is 2. The molecule has 0 saturated carbocycles. The number of carbonyl (C=O) groups is 1. The van der Waals surface area contributed by atoms with Gasteiger partial charge in [0, 0.05) is 25.2 Å². The number of amides is 1. The molecule has 1 heterocycles. The van der Waals surface area contributed by atoms with Crippen LogP contribution in [0.1, 0.15) is 40.7 Å². The predicted molar refractivity (Wildman–Crippen MR) is 119 cm³/mol. The molecule has 1 fully saturated rings. The van der Waals surface area contributed by atoms with E-state index in [9.17, 15) is 4.79 Å². The fourth-order valence-corrected chi connectivity index (χ4v) is 5.58. The van der Waals surface area contributed by atoms with Crippen molar-refractivity contribution in [2.75, 3.05) is 19.6 Å². The van der Waals surface area contributed by atoms with Crippen LogP contribution in [0.3, 0.4) is 0 Å². The van der Waals surface area contributed by atoms with Gasteiger partial charge in [0.1, 0.15) is 0 Å². The van der Waals surface area contributed by atoms with E-state index < -0.39 is 0 Å². The summed E-state index contributed by atoms with van der Waals surface area (Å²) in [4.78, 5) is 21.1. The van der Waals surface area contributed by atoms with Crippen LogP contribution in [-0.4, -0.2) is 47.4 Å². The maximum Gasteiger partial charge on any atom is 0.237 e. The van der Waals surface area contributed by atoms with Gasteiger partial charge in [0.15, 0.2) is 5.69 Å². The smallest absolute Gasteiger partial charge is 0.237 e. The summed E-state index contributed by atoms with van der Waals surface area (Å²) in [5, 5.41) is 9.12. The summed E-state index contributed by atoms with van der Waals surface area (Å²) in [7, 11) is 0. The summed E-state index contributed by atoms with van der Waals surface area (Å²) in [6.07, 6.45) is 5.83. The normalized spacial score (nSPS) is 23.4. The minimum absolute atomic E-state index is 0.253. The Bertz CT molecular complexity index is 1110. The van der Waals surface area contributed by atoms with Crippen molar-refractivity contribution in [3.8, 4) is 6.07 Å². The zero-order chi connectivity index (χ0) is 21.4. The average Bonchev–Trinajstić information content (AvgIpc) is 2.82. The highest BCUT2D eigenvalue weighted by atomic mass is 16.2. The summed E-state index contributed by atoms with van der Waals surface area (Å²) < 4.78 is 0. The largest absolute Gasteiger partial charge is 0.337 e. The summed E-state index contributed by atoms with van der Waals surface area (Å²) in [5.41, 5.74) is 6.63. The van der Waals surface area contributed by atoms with Gasteiger partial charge in [0.25, 0.3) is 0 Å². The molecule has 1 amide bonds. The Morgan fingerprint density at radius 3 is 2.39 bits per heavy atom. The molecule has 2 aromatic rings. The Labute approximate surface area is 183 Å². The second-order valence-electron chi connectivity index (χ2n) is 9.01. The molecule has 0 N–H and O–H groups in total. The van der Waals surface area contributed by atoms with Gasteiger partial charge in [-0.25, -0.2) is 4.85 Å². The SMILES string of the molecule is [C-]#[N+]c1ccc2c(c1)CC[C@H](N1CCN(C3CCc4cc(C#N)ccc4C3)CC1=O)C2. The molecule has 0 bridgehead atoms. The molecule has 3 aliphatic rings. The van der Waals surface area contributed by atoms with Crippen molar-refractivity contribution < 1.29 is 4.79 Å². The topological polar surface area (TPSA) is 51.7 Å². The molecule has 31 heavy (non-hydrogen) atoms. The summed E-state index contributed by atoms with van der Waals surface area (Å²) in [6.45, 7) is 9.45. The van der Waals surface area contributed by atoms with E-state index >= 15 is 0 Å². The van der Waals surface area contributed by atoms with Crippen LogP contribution < -0.4 is 0 Å². The van der Waals surface area contributed by atoms with E-state index in [-0.39, 0.29) is 11.9 Å². The van der Waals surface area contributed by atoms with Crippen molar-refractivity contribution in [3.05, 3.63) is 75.6 Å². The van der Waals surface area contributed by atoms with Crippen molar-refractivity contribution >= 4 is 11.6 Å². The van der Waals surface area contributed by atoms with Crippen LogP contribution >= 0.6 is 0 Å². The van der Waals surface area contributed by atoms with Crippen LogP contribution in [0.15, 0.2) is 36.4 Å². The first kappa shape index (κ1) is 19.8. The average molecular weight is 411 g/mol. The third-order valence-corrected chi connectivity index (χ3v) is 7.30. The highest BCUT2D eigenvalue weighted by Gasteiger charge is 2.35. The number of carbonyl (C=O) groups excluding carboxylic acids is 1. The standard InChI is InChI=1S/C26H26N4O/c1-28-23-7-4-22-15-25(9-6-20(22)13-23)30-11-10-29(17-26(30)31)24-8-5-19-12-18(16-27)2-3-21(19)14-24/h2-4,7,12-13,24-25H,5-6,8-11,14-15,17H2/t24?,25-/m0/s1. The van der Waals surface area contributed by atoms with Gasteiger partial charge in [0.05, 0.1) is 24.7 Å². The Hall–Kier alpha value is -3.15. The lowest BCUT2D eigenvalue weighted by molar-refractivity contribution is -0.140. The second kappa shape index (κ2) is 8.17. The van der Waals surface area contributed by atoms with E-state index in [0.717, 1.165) is 57.2 Å². The third-order valence-electron chi connectivity index (χ3n) is 7.30. The minimum Gasteiger partial charge on any atom is -0.337 e. The Balaban J connectivity index is 1.22. The first-order valence-corrected chi connectivity index (χ1v) is 11.2. The van der Waals surface area contributed by atoms with Crippen LogP contribution in [0, 0.1) is 17.9 Å². The molecule has 0 spiro atoms. The van der Waals surface area contributed by atoms with Gasteiger partial charge in [0.2, 0.25) is 5.91 Å². The van der Waals surface area contributed by atoms with Crippen LogP contribution in [0.2, 0.25) is 0 Å². The van der Waals surface area contributed by atoms with Gasteiger partial charge < -0.3 is 4.90 Å². The van der Waals surface area contributed by atoms with Gasteiger partial charge in [-0.1, -0.05) is 29.8 Å². The first-order valence-electron chi connectivity index (χ1n) is 11.2. The predicted octanol–water partition coefficient (Wildman–Crippen LogP) is 3.67. The molecule has 156 valence electrons. The fourth-order valence-electron chi connectivity index (χ4n) is 5.58. The molecule has 2 atom stereocenters. The highest BCUT2D eigenvalue weighted by Crippen LogP contribution is 2.30. The quantitative estimate of drug-likeness (QED) is 0.710. The number of rotatable bonds is 2. The number of nitrogens with zero attached hydrogens (tertiary/aromatic N) is 4. The van der Waals surface area contributed by atoms with Crippen molar-refractivity contribution in [1.82, 2.24) is 9.80 Å². The molecule has 5 nitrogen and oxygen atoms in total. The molecule has 0 aromatic heterocycles. The van der Waals surface area contributed by atoms with Crippen LogP contribution in [-0.2, 0) is 30.5 Å². The van der Waals surface area contributed by atoms with Crippen molar-refractivity contribution in [2.24, 2.45) is 0 Å². The maximum absolute atomic E-state index is 13.1. The van der Waals surface area contributed by atoms with Gasteiger partial charge in [-0.2, -0.15) is 5.26 Å². The second-order valence-corrected chi connectivity index (χ2v) is 9.01. The Morgan fingerprint density at radius 2 is 1.65 bits per heavy atom. The molecule has 5 heteroatoms. The van der Waals surface area contributed by atoms with E-state index in [2.05, 4.69) is 32.8 Å². The summed E-state index contributed by atoms with van der Waals surface area (Å²) >= 11 is 0. The number of aryl methyl sites for hydroxylation is 2. The molecular formula is C26H26N4O. The molecule has 1 aliphatic heterocycles. The number of piperazine rings is 1. The van der Waals surface area contributed by atoms with Gasteiger partial charge in [-0.05, 0) is 67.3 Å². The number of nitriles is 1. The summed E-state index contributed by atoms with van der Waals surface area (Å²) in [5.74, 6) is 0.253. The first-order chi connectivity index (χ1) is 15.1. The van der Waals surface area contributed by atoms with Gasteiger partial charge in [-0.3, -0.25) is 9.69 Å². The van der Waals surface area contributed by atoms with E-state index in [1.54, 1.807) is 0 Å². The van der Waals surface area contributed by atoms with Crippen LogP contribution in [0.25, 0.3) is 4.85 Å². The van der Waals surface area contributed by atoms with Crippen LogP contribution in [0.4, 0.5) is 5.69 Å². The highest BCUT2D eigenvalue weighted by molar-refractivity contribution is 5.79. The molecule has 2 aromatic carbocycles. The van der Waals surface area contributed by atoms with E-state index in [1.165, 1.54) is 22.3 Å². The van der Waals surface area contributed by atoms with Crippen molar-refractivity contribution in [3.63, 3.8) is 0 Å². The van der Waals surface area contributed by atoms with Crippen molar-refractivity contribution in [2.45, 2.75) is 50.6 Å². The third kappa shape index (κ3) is 3.82. The van der Waals surface area contributed by atoms with Gasteiger partial charge >= 0.3 is 0 Å². The maximum atomic E-state index is 13.1. The zero-order valence-corrected chi connectivity index (χ0v) is 17.7. The lowest BCUT2D eigenvalue weighted by Crippen LogP contribution is -2.58. The molecule has 2 aliphatic carbocycles. The fraction of sp³-hybridized carbons (Fsp3) is 0.423. The van der Waals surface area contributed by atoms with E-state index in [0.29, 0.717) is 18.3 Å². The van der Waals surface area contributed by atoms with Gasteiger partial charge in [-0.15, -0.1) is 0 Å². The van der Waals surface area contributed by atoms with Crippen molar-refractivity contribution in [1.29, 1.82) is 5.26 Å². The zero-order valence-electron chi connectivity index (χ0n) is 17.7. The lowest BCUT2D eigenvalue weighted by Gasteiger charge is -2.44. The van der Waals surface area contributed by atoms with Crippen LogP contribution in [0.5, 0.6) is 0 Å². The Morgan fingerprint density at radius 1 is 0.935 bits per heavy atom. The lowest BCUT2D eigenvalue weighted by atomic mass is 9.85. The molecule has 5 rings (SSSR count). The summed E-state index contributed by atoms with van der Waals surface area (Å²) in [6, 6.07) is 14.9. The molecule has 1 unspecified atom stereocenters. The number of hydrogen-bond donors (Lipinski definition) is 0. The molecule has 0 radical (unpaired) electrons. The van der Waals surface area contributed by atoms with E-state index in [1.807, 2.05) is 24.3 Å². The number of fused-ring (bicyclic) bond motifs is 2. The Kier molecular flexibility index (Phi) is 5.22.